The number of hydrogen-bond donors (Lipinski definition) is 1. The van der Waals surface area contributed by atoms with Gasteiger partial charge in [0.25, 0.3) is 10.1 Å². The molecule has 0 unspecified atom stereocenters. The SMILES string of the molecule is CCCCCCCCCCCCCCCCCCS(=O)(=O)N(C)CCS(=O)(=O)O.[Na]. The third-order valence-corrected chi connectivity index (χ3v) is 8.03. The molecule has 0 aromatic carbocycles. The van der Waals surface area contributed by atoms with Crippen LogP contribution in [0.4, 0.5) is 0 Å². The van der Waals surface area contributed by atoms with Crippen molar-refractivity contribution in [2.75, 3.05) is 25.1 Å². The molecule has 30 heavy (non-hydrogen) atoms. The molecular weight excluding hydrogens is 433 g/mol. The number of unbranched alkanes of at least 4 members (excludes halogenated alkanes) is 15. The maximum atomic E-state index is 12.0. The smallest absolute Gasteiger partial charge is 0.266 e. The Labute approximate surface area is 209 Å². The fourth-order valence-corrected chi connectivity index (χ4v) is 5.24. The molecule has 6 nitrogen and oxygen atoms in total. The molecule has 0 saturated heterocycles. The summed E-state index contributed by atoms with van der Waals surface area (Å²) in [6.45, 7) is 2.05. The summed E-state index contributed by atoms with van der Waals surface area (Å²) in [5.41, 5.74) is 0. The van der Waals surface area contributed by atoms with Crippen LogP contribution in [0.25, 0.3) is 0 Å². The minimum atomic E-state index is -4.14. The van der Waals surface area contributed by atoms with Crippen molar-refractivity contribution in [3.8, 4) is 0 Å². The van der Waals surface area contributed by atoms with Crippen LogP contribution in [-0.2, 0) is 20.1 Å². The van der Waals surface area contributed by atoms with Crippen LogP contribution in [0.5, 0.6) is 0 Å². The van der Waals surface area contributed by atoms with E-state index in [9.17, 15) is 16.8 Å². The predicted octanol–water partition coefficient (Wildman–Crippen LogP) is 5.02. The van der Waals surface area contributed by atoms with E-state index in [1.807, 2.05) is 0 Å². The van der Waals surface area contributed by atoms with Crippen LogP contribution >= 0.6 is 0 Å². The summed E-state index contributed by atoms with van der Waals surface area (Å²) in [6.07, 6.45) is 19.8. The normalized spacial score (nSPS) is 12.3. The quantitative estimate of drug-likeness (QED) is 0.142. The van der Waals surface area contributed by atoms with E-state index in [4.69, 9.17) is 4.55 Å². The molecule has 0 fully saturated rings. The zero-order valence-electron chi connectivity index (χ0n) is 19.8. The Morgan fingerprint density at radius 2 is 0.933 bits per heavy atom. The van der Waals surface area contributed by atoms with Gasteiger partial charge >= 0.3 is 0 Å². The monoisotopic (exact) mass is 478 g/mol. The van der Waals surface area contributed by atoms with Gasteiger partial charge in [-0.15, -0.1) is 0 Å². The van der Waals surface area contributed by atoms with Gasteiger partial charge < -0.3 is 0 Å². The summed E-state index contributed by atoms with van der Waals surface area (Å²) >= 11 is 0. The number of nitrogens with zero attached hydrogens (tertiary/aromatic N) is 1. The zero-order valence-corrected chi connectivity index (χ0v) is 23.4. The summed E-state index contributed by atoms with van der Waals surface area (Å²) in [6, 6.07) is 0. The molecular formula is C21H45NNaO5S2. The summed E-state index contributed by atoms with van der Waals surface area (Å²) in [5, 5.41) is 0. The van der Waals surface area contributed by atoms with E-state index < -0.39 is 25.9 Å². The minimum Gasteiger partial charge on any atom is -0.286 e. The van der Waals surface area contributed by atoms with Crippen LogP contribution < -0.4 is 0 Å². The van der Waals surface area contributed by atoms with E-state index in [1.54, 1.807) is 0 Å². The summed E-state index contributed by atoms with van der Waals surface area (Å²) < 4.78 is 55.2. The Morgan fingerprint density at radius 3 is 1.27 bits per heavy atom. The molecule has 9 heteroatoms. The maximum absolute atomic E-state index is 12.0. The van der Waals surface area contributed by atoms with Crippen molar-refractivity contribution < 1.29 is 21.4 Å². The van der Waals surface area contributed by atoms with E-state index >= 15 is 0 Å². The topological polar surface area (TPSA) is 91.8 Å². The van der Waals surface area contributed by atoms with Gasteiger partial charge in [0.1, 0.15) is 0 Å². The fourth-order valence-electron chi connectivity index (χ4n) is 3.37. The first-order valence-electron chi connectivity index (χ1n) is 11.6. The number of hydrogen-bond acceptors (Lipinski definition) is 4. The van der Waals surface area contributed by atoms with Crippen LogP contribution in [0.1, 0.15) is 110 Å². The molecule has 0 amide bonds. The molecule has 1 radical (unpaired) electrons. The number of rotatable bonds is 21. The molecule has 1 N–H and O–H groups in total. The molecule has 0 saturated carbocycles. The van der Waals surface area contributed by atoms with Crippen LogP contribution in [0.2, 0.25) is 0 Å². The van der Waals surface area contributed by atoms with Gasteiger partial charge in [0, 0.05) is 43.1 Å². The van der Waals surface area contributed by atoms with Gasteiger partial charge in [0.05, 0.1) is 11.5 Å². The largest absolute Gasteiger partial charge is 0.286 e. The first-order valence-corrected chi connectivity index (χ1v) is 14.8. The van der Waals surface area contributed by atoms with Gasteiger partial charge in [-0.25, -0.2) is 12.7 Å². The van der Waals surface area contributed by atoms with Crippen molar-refractivity contribution in [1.82, 2.24) is 4.31 Å². The summed E-state index contributed by atoms with van der Waals surface area (Å²) in [4.78, 5) is 0. The van der Waals surface area contributed by atoms with Crippen LogP contribution in [0.3, 0.4) is 0 Å². The van der Waals surface area contributed by atoms with Crippen LogP contribution in [-0.4, -0.2) is 80.3 Å². The van der Waals surface area contributed by atoms with E-state index in [-0.39, 0.29) is 41.9 Å². The van der Waals surface area contributed by atoms with Gasteiger partial charge in [-0.3, -0.25) is 4.55 Å². The standard InChI is InChI=1S/C21H45NO5S2.Na/c1-3-4-5-6-7-8-9-10-11-12-13-14-15-16-17-18-20-28(23,24)22(2)19-21-29(25,26)27;/h3-21H2,1-2H3,(H,25,26,27);. The Kier molecular flexibility index (Phi) is 22.5. The third-order valence-electron chi connectivity index (χ3n) is 5.39. The zero-order chi connectivity index (χ0) is 22.0. The fraction of sp³-hybridized carbons (Fsp3) is 1.00. The first kappa shape index (κ1) is 33.0. The second-order valence-corrected chi connectivity index (χ2v) is 12.0. The van der Waals surface area contributed by atoms with Crippen molar-refractivity contribution >= 4 is 49.7 Å². The summed E-state index contributed by atoms with van der Waals surface area (Å²) in [7, 11) is -6.23. The van der Waals surface area contributed by atoms with Crippen molar-refractivity contribution in [1.29, 1.82) is 0 Å². The molecule has 0 atom stereocenters. The van der Waals surface area contributed by atoms with Gasteiger partial charge in [-0.05, 0) is 6.42 Å². The van der Waals surface area contributed by atoms with Crippen molar-refractivity contribution in [2.45, 2.75) is 110 Å². The molecule has 0 bridgehead atoms. The van der Waals surface area contributed by atoms with E-state index in [0.717, 1.165) is 23.6 Å². The Bertz CT molecular complexity index is 582. The van der Waals surface area contributed by atoms with Gasteiger partial charge in [-0.1, -0.05) is 103 Å². The molecule has 0 aromatic rings. The molecule has 0 aliphatic carbocycles. The van der Waals surface area contributed by atoms with Gasteiger partial charge in [0.2, 0.25) is 10.0 Å². The molecule has 0 aromatic heterocycles. The van der Waals surface area contributed by atoms with Crippen LogP contribution in [0, 0.1) is 0 Å². The average Bonchev–Trinajstić information content (AvgIpc) is 2.65. The molecule has 0 spiro atoms. The van der Waals surface area contributed by atoms with Crippen LogP contribution in [0.15, 0.2) is 0 Å². The average molecular weight is 479 g/mol. The van der Waals surface area contributed by atoms with Crippen molar-refractivity contribution in [2.24, 2.45) is 0 Å². The predicted molar refractivity (Wildman–Crippen MR) is 128 cm³/mol. The van der Waals surface area contributed by atoms with Crippen molar-refractivity contribution in [3.63, 3.8) is 0 Å². The second kappa shape index (κ2) is 20.4. The second-order valence-electron chi connectivity index (χ2n) is 8.23. The minimum absolute atomic E-state index is 0. The Morgan fingerprint density at radius 1 is 0.600 bits per heavy atom. The maximum Gasteiger partial charge on any atom is 0.266 e. The van der Waals surface area contributed by atoms with Gasteiger partial charge in [0.15, 0.2) is 0 Å². The number of sulfonamides is 1. The van der Waals surface area contributed by atoms with E-state index in [2.05, 4.69) is 6.92 Å². The molecule has 0 rings (SSSR count). The Hall–Kier alpha value is 0.820. The molecule has 0 aliphatic rings. The van der Waals surface area contributed by atoms with Crippen molar-refractivity contribution in [3.05, 3.63) is 0 Å². The molecule has 0 heterocycles. The Balaban J connectivity index is 0. The molecule has 0 aliphatic heterocycles. The van der Waals surface area contributed by atoms with E-state index in [0.29, 0.717) is 6.42 Å². The third kappa shape index (κ3) is 22.0. The van der Waals surface area contributed by atoms with Gasteiger partial charge in [-0.2, -0.15) is 8.42 Å². The molecule has 177 valence electrons. The summed E-state index contributed by atoms with van der Waals surface area (Å²) in [5.74, 6) is -0.533. The van der Waals surface area contributed by atoms with E-state index in [1.165, 1.54) is 84.1 Å². The first-order chi connectivity index (χ1) is 13.7.